The number of urea groups is 1. The number of amidine groups is 1. The van der Waals surface area contributed by atoms with Crippen LogP contribution in [0.15, 0.2) is 5.16 Å². The standard InChI is InChI=1S/C12H24N4O2/c1-9(8-11(13)15-18)16(2)12(17)14-10-6-4-3-5-7-10/h9-10,18H,3-8H2,1-2H3,(H2,13,15)(H,14,17). The Morgan fingerprint density at radius 1 is 1.50 bits per heavy atom. The second kappa shape index (κ2) is 7.08. The van der Waals surface area contributed by atoms with Crippen LogP contribution in [0, 0.1) is 0 Å². The number of oxime groups is 1. The first-order valence-corrected chi connectivity index (χ1v) is 6.54. The Labute approximate surface area is 108 Å². The van der Waals surface area contributed by atoms with E-state index in [0.717, 1.165) is 12.8 Å². The Hall–Kier alpha value is -1.46. The number of nitrogens with one attached hydrogen (secondary N) is 1. The summed E-state index contributed by atoms with van der Waals surface area (Å²) in [5.74, 6) is 0.139. The molecule has 0 saturated heterocycles. The van der Waals surface area contributed by atoms with Gasteiger partial charge in [-0.05, 0) is 19.8 Å². The van der Waals surface area contributed by atoms with Crippen LogP contribution in [0.3, 0.4) is 0 Å². The summed E-state index contributed by atoms with van der Waals surface area (Å²) in [6.45, 7) is 1.87. The van der Waals surface area contributed by atoms with Crippen LogP contribution in [0.25, 0.3) is 0 Å². The molecule has 1 aliphatic rings. The van der Waals surface area contributed by atoms with Gasteiger partial charge in [0.15, 0.2) is 0 Å². The smallest absolute Gasteiger partial charge is 0.317 e. The second-order valence-corrected chi connectivity index (χ2v) is 5.04. The molecule has 18 heavy (non-hydrogen) atoms. The van der Waals surface area contributed by atoms with Gasteiger partial charge in [0.25, 0.3) is 0 Å². The van der Waals surface area contributed by atoms with E-state index < -0.39 is 0 Å². The van der Waals surface area contributed by atoms with Gasteiger partial charge in [-0.3, -0.25) is 0 Å². The van der Waals surface area contributed by atoms with Crippen LogP contribution in [0.4, 0.5) is 4.79 Å². The molecule has 6 nitrogen and oxygen atoms in total. The molecule has 0 radical (unpaired) electrons. The van der Waals surface area contributed by atoms with E-state index in [1.165, 1.54) is 19.3 Å². The Morgan fingerprint density at radius 3 is 2.67 bits per heavy atom. The van der Waals surface area contributed by atoms with Gasteiger partial charge in [0.05, 0.1) is 0 Å². The fraction of sp³-hybridized carbons (Fsp3) is 0.833. The first-order chi connectivity index (χ1) is 8.54. The van der Waals surface area contributed by atoms with E-state index >= 15 is 0 Å². The Balaban J connectivity index is 2.39. The Morgan fingerprint density at radius 2 is 2.11 bits per heavy atom. The number of nitrogens with two attached hydrogens (primary N) is 1. The highest BCUT2D eigenvalue weighted by Gasteiger charge is 2.21. The lowest BCUT2D eigenvalue weighted by Gasteiger charge is -2.29. The highest BCUT2D eigenvalue weighted by molar-refractivity contribution is 5.81. The van der Waals surface area contributed by atoms with Crippen molar-refractivity contribution < 1.29 is 10.0 Å². The molecule has 104 valence electrons. The quantitative estimate of drug-likeness (QED) is 0.308. The monoisotopic (exact) mass is 256 g/mol. The molecular weight excluding hydrogens is 232 g/mol. The van der Waals surface area contributed by atoms with Crippen molar-refractivity contribution in [2.24, 2.45) is 10.9 Å². The molecule has 1 saturated carbocycles. The van der Waals surface area contributed by atoms with Crippen molar-refractivity contribution in [2.75, 3.05) is 7.05 Å². The molecule has 2 amide bonds. The minimum absolute atomic E-state index is 0.0832. The van der Waals surface area contributed by atoms with Crippen LogP contribution in [-0.2, 0) is 0 Å². The molecule has 1 aliphatic carbocycles. The largest absolute Gasteiger partial charge is 0.409 e. The minimum atomic E-state index is -0.0931. The topological polar surface area (TPSA) is 91.0 Å². The molecule has 0 bridgehead atoms. The number of carbonyl (C=O) groups is 1. The van der Waals surface area contributed by atoms with Gasteiger partial charge < -0.3 is 21.2 Å². The van der Waals surface area contributed by atoms with E-state index in [-0.39, 0.29) is 17.9 Å². The Bertz CT molecular complexity index is 300. The molecule has 0 heterocycles. The normalized spacial score (nSPS) is 19.3. The van der Waals surface area contributed by atoms with E-state index in [1.54, 1.807) is 11.9 Å². The minimum Gasteiger partial charge on any atom is -0.409 e. The molecule has 1 unspecified atom stereocenters. The van der Waals surface area contributed by atoms with E-state index in [9.17, 15) is 4.79 Å². The molecule has 0 aliphatic heterocycles. The van der Waals surface area contributed by atoms with Crippen molar-refractivity contribution >= 4 is 11.9 Å². The van der Waals surface area contributed by atoms with Crippen LogP contribution in [0.5, 0.6) is 0 Å². The van der Waals surface area contributed by atoms with Crippen molar-refractivity contribution in [3.05, 3.63) is 0 Å². The predicted molar refractivity (Wildman–Crippen MR) is 70.7 cm³/mol. The van der Waals surface area contributed by atoms with E-state index in [1.807, 2.05) is 6.92 Å². The number of nitrogens with zero attached hydrogens (tertiary/aromatic N) is 2. The van der Waals surface area contributed by atoms with Crippen LogP contribution >= 0.6 is 0 Å². The van der Waals surface area contributed by atoms with Crippen molar-refractivity contribution in [2.45, 2.75) is 57.5 Å². The third-order valence-electron chi connectivity index (χ3n) is 3.55. The summed E-state index contributed by atoms with van der Waals surface area (Å²) in [6, 6.07) is 0.120. The van der Waals surface area contributed by atoms with Crippen molar-refractivity contribution in [1.82, 2.24) is 10.2 Å². The van der Waals surface area contributed by atoms with Gasteiger partial charge in [-0.1, -0.05) is 24.4 Å². The van der Waals surface area contributed by atoms with Gasteiger partial charge in [-0.25, -0.2) is 4.79 Å². The van der Waals surface area contributed by atoms with Gasteiger partial charge in [0, 0.05) is 25.6 Å². The lowest BCUT2D eigenvalue weighted by Crippen LogP contribution is -2.47. The maximum Gasteiger partial charge on any atom is 0.317 e. The molecule has 0 aromatic heterocycles. The van der Waals surface area contributed by atoms with Crippen LogP contribution < -0.4 is 11.1 Å². The lowest BCUT2D eigenvalue weighted by molar-refractivity contribution is 0.187. The van der Waals surface area contributed by atoms with Gasteiger partial charge in [-0.2, -0.15) is 0 Å². The number of amides is 2. The van der Waals surface area contributed by atoms with Crippen molar-refractivity contribution in [3.8, 4) is 0 Å². The maximum absolute atomic E-state index is 12.0. The predicted octanol–water partition coefficient (Wildman–Crippen LogP) is 1.49. The van der Waals surface area contributed by atoms with Gasteiger partial charge in [0.1, 0.15) is 5.84 Å². The zero-order valence-corrected chi connectivity index (χ0v) is 11.2. The summed E-state index contributed by atoms with van der Waals surface area (Å²) in [7, 11) is 1.73. The lowest BCUT2D eigenvalue weighted by atomic mass is 9.96. The van der Waals surface area contributed by atoms with Crippen LogP contribution in [0.1, 0.15) is 45.4 Å². The summed E-state index contributed by atoms with van der Waals surface area (Å²) in [5, 5.41) is 14.5. The molecule has 0 aromatic carbocycles. The first kappa shape index (κ1) is 14.6. The molecule has 6 heteroatoms. The molecule has 0 spiro atoms. The maximum atomic E-state index is 12.0. The molecule has 0 aromatic rings. The second-order valence-electron chi connectivity index (χ2n) is 5.04. The summed E-state index contributed by atoms with van der Waals surface area (Å²) < 4.78 is 0. The molecule has 1 atom stereocenters. The van der Waals surface area contributed by atoms with Crippen molar-refractivity contribution in [1.29, 1.82) is 0 Å². The van der Waals surface area contributed by atoms with Crippen LogP contribution in [0.2, 0.25) is 0 Å². The van der Waals surface area contributed by atoms with Gasteiger partial charge in [0.2, 0.25) is 0 Å². The summed E-state index contributed by atoms with van der Waals surface area (Å²) in [4.78, 5) is 13.6. The Kier molecular flexibility index (Phi) is 5.74. The fourth-order valence-electron chi connectivity index (χ4n) is 2.20. The number of carbonyl (C=O) groups excluding carboxylic acids is 1. The number of hydrogen-bond acceptors (Lipinski definition) is 3. The molecule has 1 fully saturated rings. The average molecular weight is 256 g/mol. The SMILES string of the molecule is CC(CC(N)=NO)N(C)C(=O)NC1CCCCC1. The zero-order chi connectivity index (χ0) is 13.5. The zero-order valence-electron chi connectivity index (χ0n) is 11.2. The average Bonchev–Trinajstić information content (AvgIpc) is 2.38. The van der Waals surface area contributed by atoms with Crippen molar-refractivity contribution in [3.63, 3.8) is 0 Å². The van der Waals surface area contributed by atoms with E-state index in [2.05, 4.69) is 10.5 Å². The highest BCUT2D eigenvalue weighted by Crippen LogP contribution is 2.17. The third-order valence-corrected chi connectivity index (χ3v) is 3.55. The summed E-state index contributed by atoms with van der Waals surface area (Å²) in [5.41, 5.74) is 5.44. The van der Waals surface area contributed by atoms with Gasteiger partial charge >= 0.3 is 6.03 Å². The van der Waals surface area contributed by atoms with Crippen LogP contribution in [-0.4, -0.2) is 41.1 Å². The molecule has 4 N–H and O–H groups in total. The molecule has 1 rings (SSSR count). The van der Waals surface area contributed by atoms with Gasteiger partial charge in [-0.15, -0.1) is 0 Å². The number of hydrogen-bond donors (Lipinski definition) is 3. The summed E-state index contributed by atoms with van der Waals surface area (Å²) >= 11 is 0. The first-order valence-electron chi connectivity index (χ1n) is 6.54. The summed E-state index contributed by atoms with van der Waals surface area (Å²) in [6.07, 6.45) is 6.14. The van der Waals surface area contributed by atoms with E-state index in [4.69, 9.17) is 10.9 Å². The fourth-order valence-corrected chi connectivity index (χ4v) is 2.20. The molecular formula is C12H24N4O2. The highest BCUT2D eigenvalue weighted by atomic mass is 16.4. The van der Waals surface area contributed by atoms with E-state index in [0.29, 0.717) is 12.5 Å². The third kappa shape index (κ3) is 4.43. The number of rotatable bonds is 4.